The van der Waals surface area contributed by atoms with E-state index in [0.29, 0.717) is 17.2 Å². The molecule has 1 aliphatic rings. The zero-order valence-electron chi connectivity index (χ0n) is 10.1. The van der Waals surface area contributed by atoms with Crippen molar-refractivity contribution in [2.24, 2.45) is 0 Å². The molecule has 2 unspecified atom stereocenters. The first-order valence-corrected chi connectivity index (χ1v) is 7.02. The number of hydrogen-bond donors (Lipinski definition) is 1. The maximum Gasteiger partial charge on any atom is 0.128 e. The number of nitrogens with one attached hydrogen (secondary N) is 1. The molecule has 0 aromatic heterocycles. The largest absolute Gasteiger partial charge is 0.307 e. The third-order valence-corrected chi connectivity index (χ3v) is 4.21. The predicted molar refractivity (Wildman–Crippen MR) is 68.4 cm³/mol. The molecule has 0 spiro atoms. The first kappa shape index (κ1) is 12.8. The average Bonchev–Trinajstić information content (AvgIpc) is 2.48. The molecule has 1 nitrogen and oxygen atoms in total. The summed E-state index contributed by atoms with van der Waals surface area (Å²) in [5.74, 6) is 1.23. The van der Waals surface area contributed by atoms with Crippen LogP contribution < -0.4 is 5.32 Å². The van der Waals surface area contributed by atoms with E-state index >= 15 is 0 Å². The first-order chi connectivity index (χ1) is 8.08. The highest BCUT2D eigenvalue weighted by Gasteiger charge is 2.21. The summed E-state index contributed by atoms with van der Waals surface area (Å²) in [4.78, 5) is 0. The molecule has 1 aliphatic heterocycles. The molecule has 1 aromatic carbocycles. The van der Waals surface area contributed by atoms with Crippen LogP contribution in [-0.4, -0.2) is 17.5 Å². The van der Waals surface area contributed by atoms with Crippen molar-refractivity contribution < 1.29 is 8.78 Å². The molecule has 0 bridgehead atoms. The smallest absolute Gasteiger partial charge is 0.128 e. The van der Waals surface area contributed by atoms with Gasteiger partial charge in [-0.1, -0.05) is 0 Å². The summed E-state index contributed by atoms with van der Waals surface area (Å²) in [6.07, 6.45) is 1.07. The molecule has 1 saturated heterocycles. The molecule has 0 radical (unpaired) electrons. The first-order valence-electron chi connectivity index (χ1n) is 5.87. The Bertz CT molecular complexity index is 409. The Hall–Kier alpha value is -0.610. The van der Waals surface area contributed by atoms with Crippen LogP contribution in [0.2, 0.25) is 0 Å². The third kappa shape index (κ3) is 2.99. The van der Waals surface area contributed by atoms with Crippen molar-refractivity contribution in [1.82, 2.24) is 5.32 Å². The number of rotatable bonds is 1. The van der Waals surface area contributed by atoms with Gasteiger partial charge in [-0.3, -0.25) is 0 Å². The lowest BCUT2D eigenvalue weighted by atomic mass is 10.0. The van der Waals surface area contributed by atoms with Gasteiger partial charge in [-0.2, -0.15) is 11.8 Å². The van der Waals surface area contributed by atoms with E-state index < -0.39 is 0 Å². The van der Waals surface area contributed by atoms with Gasteiger partial charge in [0.2, 0.25) is 0 Å². The van der Waals surface area contributed by atoms with E-state index in [0.717, 1.165) is 17.9 Å². The Kier molecular flexibility index (Phi) is 4.05. The van der Waals surface area contributed by atoms with Gasteiger partial charge in [-0.15, -0.1) is 0 Å². The molecule has 1 N–H and O–H groups in total. The van der Waals surface area contributed by atoms with Crippen LogP contribution in [0.25, 0.3) is 0 Å². The topological polar surface area (TPSA) is 12.0 Å². The Morgan fingerprint density at radius 1 is 1.29 bits per heavy atom. The van der Waals surface area contributed by atoms with Crippen LogP contribution >= 0.6 is 11.8 Å². The molecule has 0 amide bonds. The molecule has 2 atom stereocenters. The lowest BCUT2D eigenvalue weighted by molar-refractivity contribution is 0.464. The van der Waals surface area contributed by atoms with Crippen LogP contribution in [0, 0.1) is 18.6 Å². The van der Waals surface area contributed by atoms with Gasteiger partial charge in [0.25, 0.3) is 0 Å². The van der Waals surface area contributed by atoms with Crippen LogP contribution in [0.3, 0.4) is 0 Å². The minimum Gasteiger partial charge on any atom is -0.307 e. The predicted octanol–water partition coefficient (Wildman–Crippen LogP) is 3.43. The van der Waals surface area contributed by atoms with Crippen molar-refractivity contribution in [1.29, 1.82) is 0 Å². The second kappa shape index (κ2) is 5.36. The summed E-state index contributed by atoms with van der Waals surface area (Å²) in [6, 6.07) is 2.87. The van der Waals surface area contributed by atoms with Crippen molar-refractivity contribution in [2.75, 3.05) is 11.5 Å². The normalized spacial score (nSPS) is 25.6. The number of benzene rings is 1. The highest BCUT2D eigenvalue weighted by molar-refractivity contribution is 7.99. The number of halogens is 2. The van der Waals surface area contributed by atoms with Gasteiger partial charge < -0.3 is 5.32 Å². The Balaban J connectivity index is 2.28. The summed E-state index contributed by atoms with van der Waals surface area (Å²) in [6.45, 7) is 3.67. The molecule has 0 aliphatic carbocycles. The summed E-state index contributed by atoms with van der Waals surface area (Å²) >= 11 is 1.79. The van der Waals surface area contributed by atoms with Crippen molar-refractivity contribution in [2.45, 2.75) is 32.4 Å². The van der Waals surface area contributed by atoms with E-state index in [4.69, 9.17) is 0 Å². The summed E-state index contributed by atoms with van der Waals surface area (Å²) in [5, 5.41) is 3.36. The van der Waals surface area contributed by atoms with E-state index in [-0.39, 0.29) is 17.7 Å². The standard InChI is InChI=1S/C13H17F2NS/c1-8-5-12(15)10(6-11(8)14)13-7-17-4-3-9(2)16-13/h5-6,9,13,16H,3-4,7H2,1-2H3. The van der Waals surface area contributed by atoms with E-state index in [2.05, 4.69) is 12.2 Å². The third-order valence-electron chi connectivity index (χ3n) is 3.12. The molecule has 2 rings (SSSR count). The van der Waals surface area contributed by atoms with Crippen LogP contribution in [0.1, 0.15) is 30.5 Å². The second-order valence-electron chi connectivity index (χ2n) is 4.61. The lowest BCUT2D eigenvalue weighted by Gasteiger charge is -2.20. The second-order valence-corrected chi connectivity index (χ2v) is 5.76. The van der Waals surface area contributed by atoms with Crippen LogP contribution in [0.4, 0.5) is 8.78 Å². The fourth-order valence-electron chi connectivity index (χ4n) is 2.04. The van der Waals surface area contributed by atoms with Gasteiger partial charge in [-0.25, -0.2) is 8.78 Å². The van der Waals surface area contributed by atoms with E-state index in [1.54, 1.807) is 18.7 Å². The van der Waals surface area contributed by atoms with Gasteiger partial charge in [0.05, 0.1) is 0 Å². The quantitative estimate of drug-likeness (QED) is 0.827. The number of hydrogen-bond acceptors (Lipinski definition) is 2. The monoisotopic (exact) mass is 257 g/mol. The van der Waals surface area contributed by atoms with Crippen molar-refractivity contribution in [3.8, 4) is 0 Å². The van der Waals surface area contributed by atoms with Crippen LogP contribution in [0.5, 0.6) is 0 Å². The van der Waals surface area contributed by atoms with Gasteiger partial charge in [0.15, 0.2) is 0 Å². The fraction of sp³-hybridized carbons (Fsp3) is 0.538. The zero-order valence-corrected chi connectivity index (χ0v) is 10.9. The van der Waals surface area contributed by atoms with Crippen molar-refractivity contribution in [3.63, 3.8) is 0 Å². The van der Waals surface area contributed by atoms with Crippen LogP contribution in [0.15, 0.2) is 12.1 Å². The lowest BCUT2D eigenvalue weighted by Crippen LogP contribution is -2.30. The van der Waals surface area contributed by atoms with Gasteiger partial charge in [0, 0.05) is 23.4 Å². The summed E-state index contributed by atoms with van der Waals surface area (Å²) in [7, 11) is 0. The van der Waals surface area contributed by atoms with Gasteiger partial charge in [0.1, 0.15) is 11.6 Å². The maximum absolute atomic E-state index is 13.9. The highest BCUT2D eigenvalue weighted by atomic mass is 32.2. The minimum atomic E-state index is -0.329. The number of thioether (sulfide) groups is 1. The SMILES string of the molecule is Cc1cc(F)c(C2CSCCC(C)N2)cc1F. The Morgan fingerprint density at radius 3 is 2.82 bits per heavy atom. The van der Waals surface area contributed by atoms with Crippen molar-refractivity contribution >= 4 is 11.8 Å². The molecule has 0 saturated carbocycles. The Morgan fingerprint density at radius 2 is 2.06 bits per heavy atom. The van der Waals surface area contributed by atoms with Crippen LogP contribution in [-0.2, 0) is 0 Å². The fourth-order valence-corrected chi connectivity index (χ4v) is 3.24. The van der Waals surface area contributed by atoms with E-state index in [1.165, 1.54) is 12.1 Å². The minimum absolute atomic E-state index is 0.0902. The molecular formula is C13H17F2NS. The van der Waals surface area contributed by atoms with Crippen molar-refractivity contribution in [3.05, 3.63) is 34.9 Å². The van der Waals surface area contributed by atoms with E-state index in [1.807, 2.05) is 0 Å². The molecule has 17 heavy (non-hydrogen) atoms. The van der Waals surface area contributed by atoms with E-state index in [9.17, 15) is 8.78 Å². The highest BCUT2D eigenvalue weighted by Crippen LogP contribution is 2.27. The van der Waals surface area contributed by atoms with Gasteiger partial charge >= 0.3 is 0 Å². The summed E-state index contributed by atoms with van der Waals surface area (Å²) in [5.41, 5.74) is 0.815. The number of aryl methyl sites for hydroxylation is 1. The molecule has 1 aromatic rings. The summed E-state index contributed by atoms with van der Waals surface area (Å²) < 4.78 is 27.4. The molecule has 1 fully saturated rings. The maximum atomic E-state index is 13.9. The Labute approximate surface area is 105 Å². The molecule has 4 heteroatoms. The average molecular weight is 257 g/mol. The zero-order chi connectivity index (χ0) is 12.4. The molecule has 1 heterocycles. The molecular weight excluding hydrogens is 240 g/mol. The molecule has 94 valence electrons. The van der Waals surface area contributed by atoms with Gasteiger partial charge in [-0.05, 0) is 43.7 Å².